The van der Waals surface area contributed by atoms with E-state index in [1.807, 2.05) is 13.8 Å². The van der Waals surface area contributed by atoms with Crippen molar-refractivity contribution in [3.8, 4) is 0 Å². The van der Waals surface area contributed by atoms with Crippen molar-refractivity contribution in [1.82, 2.24) is 10.6 Å². The topological polar surface area (TPSA) is 95.5 Å². The molecule has 19 heavy (non-hydrogen) atoms. The molecule has 0 aromatic rings. The van der Waals surface area contributed by atoms with Crippen LogP contribution in [0.5, 0.6) is 0 Å². The van der Waals surface area contributed by atoms with E-state index >= 15 is 0 Å². The maximum absolute atomic E-state index is 11.5. The molecule has 6 heteroatoms. The highest BCUT2D eigenvalue weighted by Crippen LogP contribution is 2.02. The highest BCUT2D eigenvalue weighted by Gasteiger charge is 2.10. The molecule has 2 amide bonds. The third kappa shape index (κ3) is 11.2. The van der Waals surface area contributed by atoms with Gasteiger partial charge >= 0.3 is 5.97 Å². The van der Waals surface area contributed by atoms with Gasteiger partial charge in [-0.2, -0.15) is 0 Å². The van der Waals surface area contributed by atoms with Crippen LogP contribution in [-0.2, 0) is 14.4 Å². The first-order chi connectivity index (χ1) is 8.81. The van der Waals surface area contributed by atoms with Gasteiger partial charge in [-0.15, -0.1) is 0 Å². The highest BCUT2D eigenvalue weighted by atomic mass is 16.4. The number of hydrogen-bond acceptors (Lipinski definition) is 3. The molecule has 0 aromatic carbocycles. The molecule has 0 aliphatic carbocycles. The van der Waals surface area contributed by atoms with Gasteiger partial charge in [-0.3, -0.25) is 14.4 Å². The summed E-state index contributed by atoms with van der Waals surface area (Å²) in [7, 11) is 0. The molecule has 0 spiro atoms. The first-order valence-electron chi connectivity index (χ1n) is 6.59. The van der Waals surface area contributed by atoms with E-state index < -0.39 is 5.97 Å². The fourth-order valence-corrected chi connectivity index (χ4v) is 1.43. The minimum Gasteiger partial charge on any atom is -0.481 e. The monoisotopic (exact) mass is 272 g/mol. The van der Waals surface area contributed by atoms with E-state index in [1.54, 1.807) is 6.92 Å². The Balaban J connectivity index is 3.74. The number of aliphatic carboxylic acids is 1. The molecular weight excluding hydrogens is 248 g/mol. The van der Waals surface area contributed by atoms with E-state index in [2.05, 4.69) is 10.6 Å². The van der Waals surface area contributed by atoms with E-state index in [4.69, 9.17) is 5.11 Å². The Bertz CT molecular complexity index is 316. The fourth-order valence-electron chi connectivity index (χ4n) is 1.43. The summed E-state index contributed by atoms with van der Waals surface area (Å²) in [5.41, 5.74) is 0. The van der Waals surface area contributed by atoms with Gasteiger partial charge in [0.25, 0.3) is 0 Å². The third-order valence-electron chi connectivity index (χ3n) is 2.59. The molecule has 0 saturated heterocycles. The molecule has 1 atom stereocenters. The molecule has 0 radical (unpaired) electrons. The molecule has 3 N–H and O–H groups in total. The number of carbonyl (C=O) groups excluding carboxylic acids is 2. The first kappa shape index (κ1) is 17.4. The van der Waals surface area contributed by atoms with Gasteiger partial charge in [0.2, 0.25) is 11.8 Å². The second-order valence-corrected chi connectivity index (χ2v) is 5.11. The standard InChI is InChI=1S/C13H24N2O4/c1-9(2)4-6-11(16)14-8-12(17)15-10(3)5-7-13(18)19/h9-10H,4-8H2,1-3H3,(H,14,16)(H,15,17)(H,18,19). The zero-order chi connectivity index (χ0) is 14.8. The van der Waals surface area contributed by atoms with Crippen LogP contribution in [0.4, 0.5) is 0 Å². The number of rotatable bonds is 9. The van der Waals surface area contributed by atoms with Crippen LogP contribution in [0.3, 0.4) is 0 Å². The van der Waals surface area contributed by atoms with Gasteiger partial charge < -0.3 is 15.7 Å². The van der Waals surface area contributed by atoms with Crippen molar-refractivity contribution < 1.29 is 19.5 Å². The molecule has 1 unspecified atom stereocenters. The van der Waals surface area contributed by atoms with Crippen molar-refractivity contribution in [3.63, 3.8) is 0 Å². The van der Waals surface area contributed by atoms with Crippen LogP contribution >= 0.6 is 0 Å². The lowest BCUT2D eigenvalue weighted by Crippen LogP contribution is -2.41. The van der Waals surface area contributed by atoms with Crippen LogP contribution in [-0.4, -0.2) is 35.5 Å². The Morgan fingerprint density at radius 2 is 1.63 bits per heavy atom. The van der Waals surface area contributed by atoms with Crippen LogP contribution < -0.4 is 10.6 Å². The van der Waals surface area contributed by atoms with Crippen molar-refractivity contribution in [2.45, 2.75) is 52.5 Å². The lowest BCUT2D eigenvalue weighted by Gasteiger charge is -2.13. The maximum Gasteiger partial charge on any atom is 0.303 e. The number of carboxylic acid groups (broad SMARTS) is 1. The van der Waals surface area contributed by atoms with Crippen molar-refractivity contribution in [2.75, 3.05) is 6.54 Å². The SMILES string of the molecule is CC(C)CCC(=O)NCC(=O)NC(C)CCC(=O)O. The summed E-state index contributed by atoms with van der Waals surface area (Å²) in [6.07, 6.45) is 1.60. The zero-order valence-electron chi connectivity index (χ0n) is 11.9. The van der Waals surface area contributed by atoms with Crippen LogP contribution in [0.15, 0.2) is 0 Å². The number of carbonyl (C=O) groups is 3. The average molecular weight is 272 g/mol. The molecule has 0 bridgehead atoms. The third-order valence-corrected chi connectivity index (χ3v) is 2.59. The minimum absolute atomic E-state index is 0.0161. The molecule has 0 aliphatic heterocycles. The number of nitrogens with one attached hydrogen (secondary N) is 2. The molecule has 0 rings (SSSR count). The molecule has 0 fully saturated rings. The minimum atomic E-state index is -0.886. The Hall–Kier alpha value is -1.59. The number of carboxylic acids is 1. The van der Waals surface area contributed by atoms with E-state index in [9.17, 15) is 14.4 Å². The second kappa shape index (κ2) is 9.35. The van der Waals surface area contributed by atoms with Gasteiger partial charge in [-0.1, -0.05) is 13.8 Å². The van der Waals surface area contributed by atoms with Crippen molar-refractivity contribution in [3.05, 3.63) is 0 Å². The van der Waals surface area contributed by atoms with Crippen LogP contribution in [0, 0.1) is 5.92 Å². The summed E-state index contributed by atoms with van der Waals surface area (Å²) >= 11 is 0. The predicted octanol–water partition coefficient (Wildman–Crippen LogP) is 0.908. The largest absolute Gasteiger partial charge is 0.481 e. The summed E-state index contributed by atoms with van der Waals surface area (Å²) in [6.45, 7) is 5.74. The zero-order valence-corrected chi connectivity index (χ0v) is 11.9. The first-order valence-corrected chi connectivity index (χ1v) is 6.59. The molecule has 0 heterocycles. The van der Waals surface area contributed by atoms with E-state index in [-0.39, 0.29) is 30.8 Å². The average Bonchev–Trinajstić information content (AvgIpc) is 2.31. The van der Waals surface area contributed by atoms with Crippen LogP contribution in [0.2, 0.25) is 0 Å². The summed E-state index contributed by atoms with van der Waals surface area (Å²) < 4.78 is 0. The molecular formula is C13H24N2O4. The van der Waals surface area contributed by atoms with Gasteiger partial charge in [0.1, 0.15) is 0 Å². The normalized spacial score (nSPS) is 12.0. The van der Waals surface area contributed by atoms with Crippen molar-refractivity contribution in [1.29, 1.82) is 0 Å². The van der Waals surface area contributed by atoms with Gasteiger partial charge in [0.15, 0.2) is 0 Å². The Kier molecular flexibility index (Phi) is 8.57. The number of amides is 2. The van der Waals surface area contributed by atoms with E-state index in [0.717, 1.165) is 6.42 Å². The summed E-state index contributed by atoms with van der Waals surface area (Å²) in [6, 6.07) is -0.212. The van der Waals surface area contributed by atoms with Crippen LogP contribution in [0.25, 0.3) is 0 Å². The van der Waals surface area contributed by atoms with Crippen LogP contribution in [0.1, 0.15) is 46.5 Å². The van der Waals surface area contributed by atoms with Gasteiger partial charge in [-0.25, -0.2) is 0 Å². The van der Waals surface area contributed by atoms with Gasteiger partial charge in [-0.05, 0) is 25.7 Å². The Labute approximate surface area is 113 Å². The Morgan fingerprint density at radius 1 is 1.00 bits per heavy atom. The highest BCUT2D eigenvalue weighted by molar-refractivity contribution is 5.84. The quantitative estimate of drug-likeness (QED) is 0.581. The van der Waals surface area contributed by atoms with Gasteiger partial charge in [0, 0.05) is 18.9 Å². The Morgan fingerprint density at radius 3 is 2.16 bits per heavy atom. The summed E-state index contributed by atoms with van der Waals surface area (Å²) in [4.78, 5) is 33.2. The molecule has 6 nitrogen and oxygen atoms in total. The molecule has 0 aliphatic rings. The smallest absolute Gasteiger partial charge is 0.303 e. The van der Waals surface area contributed by atoms with E-state index in [1.165, 1.54) is 0 Å². The van der Waals surface area contributed by atoms with Gasteiger partial charge in [0.05, 0.1) is 6.54 Å². The lowest BCUT2D eigenvalue weighted by atomic mass is 10.1. The molecule has 110 valence electrons. The van der Waals surface area contributed by atoms with E-state index in [0.29, 0.717) is 18.8 Å². The maximum atomic E-state index is 11.5. The lowest BCUT2D eigenvalue weighted by molar-refractivity contribution is -0.137. The van der Waals surface area contributed by atoms with Crippen molar-refractivity contribution in [2.24, 2.45) is 5.92 Å². The molecule has 0 aromatic heterocycles. The molecule has 0 saturated carbocycles. The fraction of sp³-hybridized carbons (Fsp3) is 0.769. The van der Waals surface area contributed by atoms with Crippen molar-refractivity contribution >= 4 is 17.8 Å². The predicted molar refractivity (Wildman–Crippen MR) is 71.6 cm³/mol. The summed E-state index contributed by atoms with van der Waals surface area (Å²) in [5, 5.41) is 13.7. The second-order valence-electron chi connectivity index (χ2n) is 5.11. The summed E-state index contributed by atoms with van der Waals surface area (Å²) in [5.74, 6) is -0.864. The number of hydrogen-bond donors (Lipinski definition) is 3.